The van der Waals surface area contributed by atoms with Crippen molar-refractivity contribution in [2.45, 2.75) is 45.3 Å². The van der Waals surface area contributed by atoms with Gasteiger partial charge in [0.2, 0.25) is 5.95 Å². The third kappa shape index (κ3) is 4.01. The van der Waals surface area contributed by atoms with Gasteiger partial charge in [-0.15, -0.1) is 0 Å². The lowest BCUT2D eigenvalue weighted by molar-refractivity contribution is -0.166. The van der Waals surface area contributed by atoms with Crippen LogP contribution in [-0.4, -0.2) is 62.3 Å². The molecule has 2 aromatic rings. The van der Waals surface area contributed by atoms with E-state index in [9.17, 15) is 14.4 Å². The predicted molar refractivity (Wildman–Crippen MR) is 91.4 cm³/mol. The lowest BCUT2D eigenvalue weighted by Gasteiger charge is -2.23. The second-order valence-corrected chi connectivity index (χ2v) is 6.10. The van der Waals surface area contributed by atoms with E-state index in [1.165, 1.54) is 37.9 Å². The molecule has 1 fully saturated rings. The van der Waals surface area contributed by atoms with Gasteiger partial charge >= 0.3 is 17.9 Å². The lowest BCUT2D eigenvalue weighted by atomic mass is 10.1. The van der Waals surface area contributed by atoms with Crippen molar-refractivity contribution >= 4 is 35.0 Å². The second kappa shape index (κ2) is 7.76. The van der Waals surface area contributed by atoms with E-state index in [0.29, 0.717) is 11.2 Å². The van der Waals surface area contributed by atoms with Crippen LogP contribution in [0.1, 0.15) is 27.0 Å². The number of carbonyl (C=O) groups excluding carboxylic acids is 3. The van der Waals surface area contributed by atoms with E-state index in [-0.39, 0.29) is 12.6 Å². The zero-order valence-electron chi connectivity index (χ0n) is 15.4. The third-order valence-electron chi connectivity index (χ3n) is 3.95. The average molecular weight is 393 g/mol. The monoisotopic (exact) mass is 393 g/mol. The number of carbonyl (C=O) groups is 3. The summed E-state index contributed by atoms with van der Waals surface area (Å²) < 4.78 is 23.1. The number of fused-ring (bicyclic) bond motifs is 1. The van der Waals surface area contributed by atoms with Gasteiger partial charge in [-0.3, -0.25) is 19.0 Å². The topological polar surface area (TPSA) is 158 Å². The SMILES string of the molecule is CC(=O)OCC1OC(n2cnc3cnc(N)nc32)C(OC(C)=O)C1OC(C)=O. The van der Waals surface area contributed by atoms with Crippen LogP contribution in [0.5, 0.6) is 0 Å². The molecule has 0 aliphatic carbocycles. The predicted octanol–water partition coefficient (Wildman–Crippen LogP) is -0.268. The quantitative estimate of drug-likeness (QED) is 0.526. The normalized spacial score (nSPS) is 24.1. The van der Waals surface area contributed by atoms with E-state index in [0.717, 1.165) is 0 Å². The largest absolute Gasteiger partial charge is 0.463 e. The Morgan fingerprint density at radius 3 is 2.43 bits per heavy atom. The van der Waals surface area contributed by atoms with Crippen molar-refractivity contribution in [1.82, 2.24) is 19.5 Å². The third-order valence-corrected chi connectivity index (χ3v) is 3.95. The van der Waals surface area contributed by atoms with Crippen molar-refractivity contribution in [2.75, 3.05) is 12.3 Å². The fourth-order valence-electron chi connectivity index (χ4n) is 2.94. The number of imidazole rings is 1. The standard InChI is InChI=1S/C16H19N5O7/c1-7(22)25-5-11-12(26-8(2)23)13(27-9(3)24)15(28-11)21-6-19-10-4-18-16(17)20-14(10)21/h4,6,11-13,15H,5H2,1-3H3,(H2,17,18,20). The van der Waals surface area contributed by atoms with Gasteiger partial charge in [0.25, 0.3) is 0 Å². The molecule has 12 nitrogen and oxygen atoms in total. The molecule has 0 bridgehead atoms. The Balaban J connectivity index is 2.00. The van der Waals surface area contributed by atoms with Crippen LogP contribution in [0, 0.1) is 0 Å². The molecule has 3 heterocycles. The van der Waals surface area contributed by atoms with E-state index in [1.54, 1.807) is 0 Å². The minimum atomic E-state index is -1.03. The molecule has 4 atom stereocenters. The van der Waals surface area contributed by atoms with E-state index in [1.807, 2.05) is 0 Å². The van der Waals surface area contributed by atoms with Crippen molar-refractivity contribution in [3.05, 3.63) is 12.5 Å². The van der Waals surface area contributed by atoms with Gasteiger partial charge in [-0.1, -0.05) is 0 Å². The number of nitrogen functional groups attached to an aromatic ring is 1. The van der Waals surface area contributed by atoms with Gasteiger partial charge in [0.05, 0.1) is 12.5 Å². The van der Waals surface area contributed by atoms with Crippen molar-refractivity contribution in [3.8, 4) is 0 Å². The Kier molecular flexibility index (Phi) is 5.40. The highest BCUT2D eigenvalue weighted by Gasteiger charge is 2.51. The molecular formula is C16H19N5O7. The maximum absolute atomic E-state index is 11.7. The Bertz CT molecular complexity index is 914. The van der Waals surface area contributed by atoms with E-state index in [2.05, 4.69) is 15.0 Å². The Labute approximate surface area is 158 Å². The number of nitrogens with zero attached hydrogens (tertiary/aromatic N) is 4. The molecule has 0 radical (unpaired) electrons. The highest BCUT2D eigenvalue weighted by Crippen LogP contribution is 2.35. The zero-order chi connectivity index (χ0) is 20.4. The maximum atomic E-state index is 11.7. The van der Waals surface area contributed by atoms with Crippen LogP contribution in [0.25, 0.3) is 11.2 Å². The number of ether oxygens (including phenoxy) is 4. The first kappa shape index (κ1) is 19.5. The number of esters is 3. The molecule has 28 heavy (non-hydrogen) atoms. The molecular weight excluding hydrogens is 374 g/mol. The minimum Gasteiger partial charge on any atom is -0.463 e. The number of aromatic nitrogens is 4. The summed E-state index contributed by atoms with van der Waals surface area (Å²) >= 11 is 0. The number of hydrogen-bond acceptors (Lipinski definition) is 11. The van der Waals surface area contributed by atoms with Crippen molar-refractivity contribution < 1.29 is 33.3 Å². The van der Waals surface area contributed by atoms with E-state index in [4.69, 9.17) is 24.7 Å². The summed E-state index contributed by atoms with van der Waals surface area (Å²) in [6.45, 7) is 3.46. The summed E-state index contributed by atoms with van der Waals surface area (Å²) in [4.78, 5) is 46.6. The molecule has 0 saturated carbocycles. The molecule has 0 spiro atoms. The first-order valence-electron chi connectivity index (χ1n) is 8.34. The van der Waals surface area contributed by atoms with Crippen LogP contribution in [0.4, 0.5) is 5.95 Å². The molecule has 1 saturated heterocycles. The summed E-state index contributed by atoms with van der Waals surface area (Å²) in [7, 11) is 0. The van der Waals surface area contributed by atoms with Gasteiger partial charge in [-0.05, 0) is 0 Å². The molecule has 2 N–H and O–H groups in total. The first-order valence-corrected chi connectivity index (χ1v) is 8.34. The van der Waals surface area contributed by atoms with E-state index >= 15 is 0 Å². The number of rotatable bonds is 5. The van der Waals surface area contributed by atoms with Crippen molar-refractivity contribution in [2.24, 2.45) is 0 Å². The van der Waals surface area contributed by atoms with Gasteiger partial charge in [0.15, 0.2) is 24.1 Å². The molecule has 12 heteroatoms. The minimum absolute atomic E-state index is 0.0179. The molecule has 150 valence electrons. The Morgan fingerprint density at radius 2 is 1.79 bits per heavy atom. The van der Waals surface area contributed by atoms with Gasteiger partial charge in [0, 0.05) is 20.8 Å². The van der Waals surface area contributed by atoms with Crippen LogP contribution in [0.15, 0.2) is 12.5 Å². The van der Waals surface area contributed by atoms with Gasteiger partial charge < -0.3 is 24.7 Å². The van der Waals surface area contributed by atoms with Gasteiger partial charge in [-0.25, -0.2) is 9.97 Å². The van der Waals surface area contributed by atoms with E-state index < -0.39 is 42.4 Å². The smallest absolute Gasteiger partial charge is 0.303 e. The molecule has 1 aliphatic rings. The van der Waals surface area contributed by atoms with Crippen molar-refractivity contribution in [1.29, 1.82) is 0 Å². The summed E-state index contributed by atoms with van der Waals surface area (Å²) in [5.74, 6) is -1.74. The summed E-state index contributed by atoms with van der Waals surface area (Å²) in [6, 6.07) is 0. The molecule has 2 aromatic heterocycles. The number of nitrogens with two attached hydrogens (primary N) is 1. The fourth-order valence-corrected chi connectivity index (χ4v) is 2.94. The van der Waals surface area contributed by atoms with Gasteiger partial charge in [-0.2, -0.15) is 4.98 Å². The summed E-state index contributed by atoms with van der Waals surface area (Å²) in [5, 5.41) is 0. The molecule has 4 unspecified atom stereocenters. The second-order valence-electron chi connectivity index (χ2n) is 6.10. The summed E-state index contributed by atoms with van der Waals surface area (Å²) in [6.07, 6.45) is -1.02. The Morgan fingerprint density at radius 1 is 1.11 bits per heavy atom. The average Bonchev–Trinajstić information content (AvgIpc) is 3.14. The first-order chi connectivity index (χ1) is 13.3. The molecule has 0 aromatic carbocycles. The summed E-state index contributed by atoms with van der Waals surface area (Å²) in [5.41, 5.74) is 6.43. The Hall–Kier alpha value is -3.28. The van der Waals surface area contributed by atoms with Crippen LogP contribution in [-0.2, 0) is 33.3 Å². The lowest BCUT2D eigenvalue weighted by Crippen LogP contribution is -2.40. The van der Waals surface area contributed by atoms with Crippen LogP contribution in [0.2, 0.25) is 0 Å². The zero-order valence-corrected chi connectivity index (χ0v) is 15.4. The molecule has 1 aliphatic heterocycles. The van der Waals surface area contributed by atoms with Crippen LogP contribution >= 0.6 is 0 Å². The number of hydrogen-bond donors (Lipinski definition) is 1. The highest BCUT2D eigenvalue weighted by molar-refractivity contribution is 5.71. The fraction of sp³-hybridized carbons (Fsp3) is 0.500. The van der Waals surface area contributed by atoms with Crippen molar-refractivity contribution in [3.63, 3.8) is 0 Å². The highest BCUT2D eigenvalue weighted by atomic mass is 16.7. The molecule has 0 amide bonds. The number of anilines is 1. The van der Waals surface area contributed by atoms with Crippen LogP contribution < -0.4 is 5.73 Å². The molecule has 3 rings (SSSR count). The van der Waals surface area contributed by atoms with Gasteiger partial charge in [0.1, 0.15) is 18.2 Å². The van der Waals surface area contributed by atoms with Crippen LogP contribution in [0.3, 0.4) is 0 Å². The maximum Gasteiger partial charge on any atom is 0.303 e.